The molecule has 0 aliphatic heterocycles. The van der Waals surface area contributed by atoms with Crippen LogP contribution in [0.15, 0.2) is 54.6 Å². The van der Waals surface area contributed by atoms with E-state index in [0.717, 1.165) is 25.7 Å². The molecule has 3 rings (SSSR count). The highest BCUT2D eigenvalue weighted by Crippen LogP contribution is 2.29. The van der Waals surface area contributed by atoms with E-state index in [1.54, 1.807) is 12.1 Å². The topological polar surface area (TPSA) is 67.4 Å². The number of nitrogens with one attached hydrogen (secondary N) is 2. The fraction of sp³-hybridized carbons (Fsp3) is 0.300. The highest BCUT2D eigenvalue weighted by Gasteiger charge is 2.19. The van der Waals surface area contributed by atoms with Crippen molar-refractivity contribution in [2.24, 2.45) is 0 Å². The number of hydrogen-bond acceptors (Lipinski definition) is 3. The van der Waals surface area contributed by atoms with Crippen molar-refractivity contribution >= 4 is 17.5 Å². The zero-order valence-electron chi connectivity index (χ0n) is 14.0. The van der Waals surface area contributed by atoms with Crippen LogP contribution in [0.25, 0.3) is 0 Å². The van der Waals surface area contributed by atoms with E-state index in [0.29, 0.717) is 17.2 Å². The molecular weight excluding hydrogens is 316 g/mol. The summed E-state index contributed by atoms with van der Waals surface area (Å²) in [7, 11) is 0. The number of hydrogen-bond donors (Lipinski definition) is 2. The van der Waals surface area contributed by atoms with Gasteiger partial charge in [0.1, 0.15) is 12.2 Å². The number of carbonyl (C=O) groups is 2. The van der Waals surface area contributed by atoms with Crippen LogP contribution >= 0.6 is 0 Å². The maximum absolute atomic E-state index is 12.2. The molecule has 0 heterocycles. The van der Waals surface area contributed by atoms with Gasteiger partial charge in [-0.2, -0.15) is 0 Å². The number of ether oxygens (including phenoxy) is 1. The fourth-order valence-electron chi connectivity index (χ4n) is 2.96. The van der Waals surface area contributed by atoms with Gasteiger partial charge in [-0.25, -0.2) is 0 Å². The molecule has 2 N–H and O–H groups in total. The lowest BCUT2D eigenvalue weighted by Gasteiger charge is -2.13. The summed E-state index contributed by atoms with van der Waals surface area (Å²) in [5.41, 5.74) is 0.546. The van der Waals surface area contributed by atoms with E-state index in [1.807, 2.05) is 42.5 Å². The van der Waals surface area contributed by atoms with E-state index in [2.05, 4.69) is 10.6 Å². The van der Waals surface area contributed by atoms with Crippen molar-refractivity contribution in [3.63, 3.8) is 0 Å². The van der Waals surface area contributed by atoms with Crippen LogP contribution in [0.3, 0.4) is 0 Å². The second kappa shape index (κ2) is 8.33. The maximum Gasteiger partial charge on any atom is 0.233 e. The van der Waals surface area contributed by atoms with E-state index in [4.69, 9.17) is 4.74 Å². The van der Waals surface area contributed by atoms with Crippen LogP contribution in [0.2, 0.25) is 0 Å². The van der Waals surface area contributed by atoms with E-state index in [9.17, 15) is 9.59 Å². The minimum Gasteiger partial charge on any atom is -0.455 e. The molecule has 5 nitrogen and oxygen atoms in total. The van der Waals surface area contributed by atoms with Gasteiger partial charge in [-0.1, -0.05) is 43.2 Å². The molecule has 0 bridgehead atoms. The van der Waals surface area contributed by atoms with Crippen molar-refractivity contribution in [2.45, 2.75) is 38.1 Å². The molecule has 25 heavy (non-hydrogen) atoms. The maximum atomic E-state index is 12.2. The lowest BCUT2D eigenvalue weighted by atomic mass is 10.2. The van der Waals surface area contributed by atoms with Gasteiger partial charge in [0.15, 0.2) is 5.75 Å². The van der Waals surface area contributed by atoms with Crippen LogP contribution in [0.1, 0.15) is 32.1 Å². The number of rotatable bonds is 6. The molecule has 1 fully saturated rings. The van der Waals surface area contributed by atoms with Crippen molar-refractivity contribution in [3.8, 4) is 11.5 Å². The number of carbonyl (C=O) groups excluding carboxylic acids is 2. The third kappa shape index (κ3) is 5.08. The van der Waals surface area contributed by atoms with Crippen molar-refractivity contribution in [3.05, 3.63) is 54.6 Å². The molecule has 2 aromatic rings. The SMILES string of the molecule is O=C(CC(=O)NC1CCCC1)Nc1ccccc1Oc1ccccc1. The zero-order valence-corrected chi connectivity index (χ0v) is 14.0. The van der Waals surface area contributed by atoms with E-state index < -0.39 is 0 Å². The van der Waals surface area contributed by atoms with Crippen molar-refractivity contribution < 1.29 is 14.3 Å². The Morgan fingerprint density at radius 3 is 2.36 bits per heavy atom. The first kappa shape index (κ1) is 17.0. The van der Waals surface area contributed by atoms with Crippen molar-refractivity contribution in [2.75, 3.05) is 5.32 Å². The molecule has 0 spiro atoms. The number of para-hydroxylation sites is 3. The highest BCUT2D eigenvalue weighted by molar-refractivity contribution is 6.04. The Balaban J connectivity index is 1.58. The predicted molar refractivity (Wildman–Crippen MR) is 96.6 cm³/mol. The van der Waals surface area contributed by atoms with Crippen LogP contribution in [0, 0.1) is 0 Å². The summed E-state index contributed by atoms with van der Waals surface area (Å²) in [5.74, 6) is 0.645. The molecule has 2 aromatic carbocycles. The normalized spacial score (nSPS) is 14.1. The minimum atomic E-state index is -0.348. The molecule has 130 valence electrons. The summed E-state index contributed by atoms with van der Waals surface area (Å²) in [6.45, 7) is 0. The monoisotopic (exact) mass is 338 g/mol. The molecule has 0 aromatic heterocycles. The first-order valence-corrected chi connectivity index (χ1v) is 8.62. The zero-order chi connectivity index (χ0) is 17.5. The fourth-order valence-corrected chi connectivity index (χ4v) is 2.96. The summed E-state index contributed by atoms with van der Waals surface area (Å²) in [6.07, 6.45) is 4.10. The number of anilines is 1. The molecule has 2 amide bonds. The van der Waals surface area contributed by atoms with Crippen LogP contribution in [-0.4, -0.2) is 17.9 Å². The van der Waals surface area contributed by atoms with Gasteiger partial charge in [0.05, 0.1) is 5.69 Å². The summed E-state index contributed by atoms with van der Waals surface area (Å²) < 4.78 is 5.81. The number of benzene rings is 2. The van der Waals surface area contributed by atoms with Crippen LogP contribution in [0.5, 0.6) is 11.5 Å². The predicted octanol–water partition coefficient (Wildman–Crippen LogP) is 3.87. The highest BCUT2D eigenvalue weighted by atomic mass is 16.5. The third-order valence-corrected chi connectivity index (χ3v) is 4.17. The van der Waals surface area contributed by atoms with Gasteiger partial charge >= 0.3 is 0 Å². The Kier molecular flexibility index (Phi) is 5.67. The molecule has 0 saturated heterocycles. The number of amides is 2. The summed E-state index contributed by atoms with van der Waals surface area (Å²) in [4.78, 5) is 24.1. The van der Waals surface area contributed by atoms with Crippen LogP contribution in [-0.2, 0) is 9.59 Å². The van der Waals surface area contributed by atoms with Crippen LogP contribution < -0.4 is 15.4 Å². The second-order valence-electron chi connectivity index (χ2n) is 6.19. The minimum absolute atomic E-state index is 0.184. The van der Waals surface area contributed by atoms with Gasteiger partial charge in [0.25, 0.3) is 0 Å². The molecule has 5 heteroatoms. The Bertz CT molecular complexity index is 725. The van der Waals surface area contributed by atoms with Gasteiger partial charge < -0.3 is 15.4 Å². The average Bonchev–Trinajstić information content (AvgIpc) is 3.10. The quantitative estimate of drug-likeness (QED) is 0.786. The molecular formula is C20H22N2O3. The molecule has 1 aliphatic carbocycles. The molecule has 1 aliphatic rings. The van der Waals surface area contributed by atoms with Crippen LogP contribution in [0.4, 0.5) is 5.69 Å². The van der Waals surface area contributed by atoms with Gasteiger partial charge in [0, 0.05) is 6.04 Å². The van der Waals surface area contributed by atoms with Gasteiger partial charge in [-0.3, -0.25) is 9.59 Å². The van der Waals surface area contributed by atoms with E-state index in [1.165, 1.54) is 0 Å². The lowest BCUT2D eigenvalue weighted by molar-refractivity contribution is -0.127. The lowest BCUT2D eigenvalue weighted by Crippen LogP contribution is -2.35. The first-order valence-electron chi connectivity index (χ1n) is 8.62. The Hall–Kier alpha value is -2.82. The summed E-state index contributed by atoms with van der Waals surface area (Å²) in [6, 6.07) is 16.7. The Morgan fingerprint density at radius 2 is 1.60 bits per heavy atom. The van der Waals surface area contributed by atoms with E-state index >= 15 is 0 Å². The smallest absolute Gasteiger partial charge is 0.233 e. The largest absolute Gasteiger partial charge is 0.455 e. The Morgan fingerprint density at radius 1 is 0.920 bits per heavy atom. The van der Waals surface area contributed by atoms with E-state index in [-0.39, 0.29) is 24.3 Å². The molecule has 1 saturated carbocycles. The second-order valence-corrected chi connectivity index (χ2v) is 6.19. The molecule has 0 unspecified atom stereocenters. The Labute approximate surface area is 147 Å². The summed E-state index contributed by atoms with van der Waals surface area (Å²) >= 11 is 0. The van der Waals surface area contributed by atoms with Crippen molar-refractivity contribution in [1.29, 1.82) is 0 Å². The van der Waals surface area contributed by atoms with Crippen molar-refractivity contribution in [1.82, 2.24) is 5.32 Å². The third-order valence-electron chi connectivity index (χ3n) is 4.17. The first-order chi connectivity index (χ1) is 12.2. The standard InChI is InChI=1S/C20H22N2O3/c23-19(21-15-8-4-5-9-15)14-20(24)22-17-12-6-7-13-18(17)25-16-10-2-1-3-11-16/h1-3,6-7,10-13,15H,4-5,8-9,14H2,(H,21,23)(H,22,24). The molecule has 0 atom stereocenters. The van der Waals surface area contributed by atoms with Gasteiger partial charge in [0.2, 0.25) is 11.8 Å². The average molecular weight is 338 g/mol. The summed E-state index contributed by atoms with van der Waals surface area (Å²) in [5, 5.41) is 5.68. The van der Waals surface area contributed by atoms with Gasteiger partial charge in [-0.05, 0) is 37.1 Å². The molecule has 0 radical (unpaired) electrons. The van der Waals surface area contributed by atoms with Gasteiger partial charge in [-0.15, -0.1) is 0 Å².